The quantitative estimate of drug-likeness (QED) is 0.583. The van der Waals surface area contributed by atoms with Gasteiger partial charge in [-0.05, 0) is 25.2 Å². The highest BCUT2D eigenvalue weighted by atomic mass is 19.4. The predicted octanol–water partition coefficient (Wildman–Crippen LogP) is 4.86. The molecule has 0 rings (SSSR count). The Balaban J connectivity index is 5.72. The maximum absolute atomic E-state index is 12.7. The Morgan fingerprint density at radius 3 is 1.50 bits per heavy atom. The van der Waals surface area contributed by atoms with E-state index in [1.54, 1.807) is 13.8 Å². The minimum Gasteiger partial charge on any atom is -0.374 e. The summed E-state index contributed by atoms with van der Waals surface area (Å²) in [5.41, 5.74) is -4.96. The minimum atomic E-state index is -5.77. The largest absolute Gasteiger partial charge is 0.426 e. The molecule has 0 saturated carbocycles. The summed E-state index contributed by atoms with van der Waals surface area (Å²) in [5.74, 6) is -1.07. The lowest BCUT2D eigenvalue weighted by atomic mass is 9.73. The first-order chi connectivity index (χ1) is 8.52. The molecule has 7 heteroatoms. The van der Waals surface area contributed by atoms with Crippen molar-refractivity contribution in [1.82, 2.24) is 0 Å². The molecule has 0 spiro atoms. The van der Waals surface area contributed by atoms with Gasteiger partial charge in [0.15, 0.2) is 0 Å². The van der Waals surface area contributed by atoms with E-state index in [9.17, 15) is 31.4 Å². The van der Waals surface area contributed by atoms with Crippen LogP contribution in [0.5, 0.6) is 0 Å². The van der Waals surface area contributed by atoms with Gasteiger partial charge in [-0.3, -0.25) is 0 Å². The van der Waals surface area contributed by atoms with Crippen LogP contribution in [0.2, 0.25) is 0 Å². The molecule has 1 nitrogen and oxygen atoms in total. The number of halogens is 6. The number of hydrogen-bond acceptors (Lipinski definition) is 1. The van der Waals surface area contributed by atoms with Gasteiger partial charge in [0.05, 0.1) is 0 Å². The summed E-state index contributed by atoms with van der Waals surface area (Å²) in [7, 11) is 0. The fraction of sp³-hybridized carbons (Fsp3) is 0.846. The third-order valence-corrected chi connectivity index (χ3v) is 3.10. The van der Waals surface area contributed by atoms with Crippen molar-refractivity contribution < 1.29 is 31.4 Å². The van der Waals surface area contributed by atoms with E-state index in [1.165, 1.54) is 26.8 Å². The molecule has 0 amide bonds. The van der Waals surface area contributed by atoms with Crippen LogP contribution in [0.1, 0.15) is 41.0 Å². The molecule has 0 aliphatic carbocycles. The van der Waals surface area contributed by atoms with E-state index in [0.29, 0.717) is 5.57 Å². The van der Waals surface area contributed by atoms with Crippen molar-refractivity contribution in [3.8, 4) is 0 Å². The number of alkyl halides is 6. The van der Waals surface area contributed by atoms with Gasteiger partial charge in [-0.2, -0.15) is 26.3 Å². The van der Waals surface area contributed by atoms with Crippen molar-refractivity contribution in [2.75, 3.05) is 0 Å². The normalized spacial score (nSPS) is 16.0. The van der Waals surface area contributed by atoms with Crippen LogP contribution in [0.25, 0.3) is 0 Å². The summed E-state index contributed by atoms with van der Waals surface area (Å²) in [6, 6.07) is 0. The zero-order valence-corrected chi connectivity index (χ0v) is 12.1. The maximum atomic E-state index is 12.7. The molecule has 0 aromatic carbocycles. The van der Waals surface area contributed by atoms with Crippen LogP contribution >= 0.6 is 0 Å². The van der Waals surface area contributed by atoms with Crippen LogP contribution in [0, 0.1) is 11.3 Å². The first-order valence-corrected chi connectivity index (χ1v) is 6.03. The van der Waals surface area contributed by atoms with Crippen molar-refractivity contribution >= 4 is 0 Å². The summed E-state index contributed by atoms with van der Waals surface area (Å²) in [4.78, 5) is 0. The van der Waals surface area contributed by atoms with E-state index in [0.717, 1.165) is 0 Å². The van der Waals surface area contributed by atoms with Gasteiger partial charge >= 0.3 is 12.4 Å². The van der Waals surface area contributed by atoms with E-state index in [4.69, 9.17) is 0 Å². The van der Waals surface area contributed by atoms with Gasteiger partial charge in [0.25, 0.3) is 5.60 Å². The fourth-order valence-electron chi connectivity index (χ4n) is 1.73. The van der Waals surface area contributed by atoms with Gasteiger partial charge in [-0.15, -0.1) is 0 Å². The van der Waals surface area contributed by atoms with Crippen LogP contribution in [0.3, 0.4) is 0 Å². The number of aliphatic hydroxyl groups is 1. The average molecular weight is 306 g/mol. The Morgan fingerprint density at radius 1 is 0.950 bits per heavy atom. The van der Waals surface area contributed by atoms with E-state index in [-0.39, 0.29) is 0 Å². The van der Waals surface area contributed by atoms with Crippen LogP contribution in [0.4, 0.5) is 26.3 Å². The summed E-state index contributed by atoms with van der Waals surface area (Å²) in [6.45, 7) is 7.76. The van der Waals surface area contributed by atoms with Gasteiger partial charge < -0.3 is 5.11 Å². The average Bonchev–Trinajstić information content (AvgIpc) is 2.10. The molecule has 1 N–H and O–H groups in total. The van der Waals surface area contributed by atoms with Crippen LogP contribution in [-0.4, -0.2) is 23.1 Å². The summed E-state index contributed by atoms with van der Waals surface area (Å²) in [5, 5.41) is 9.25. The van der Waals surface area contributed by atoms with Crippen molar-refractivity contribution in [3.63, 3.8) is 0 Å². The van der Waals surface area contributed by atoms with Crippen LogP contribution in [-0.2, 0) is 0 Å². The molecule has 0 radical (unpaired) electrons. The molecule has 0 aliphatic heterocycles. The summed E-state index contributed by atoms with van der Waals surface area (Å²) >= 11 is 0. The predicted molar refractivity (Wildman–Crippen MR) is 64.1 cm³/mol. The lowest BCUT2D eigenvalue weighted by Gasteiger charge is -2.38. The molecule has 120 valence electrons. The molecule has 0 heterocycles. The van der Waals surface area contributed by atoms with Gasteiger partial charge in [-0.1, -0.05) is 32.4 Å². The molecule has 0 aromatic heterocycles. The van der Waals surface area contributed by atoms with Crippen LogP contribution in [0.15, 0.2) is 11.6 Å². The number of rotatable bonds is 3. The second-order valence-corrected chi connectivity index (χ2v) is 6.28. The second kappa shape index (κ2) is 5.58. The molecule has 0 saturated heterocycles. The van der Waals surface area contributed by atoms with E-state index < -0.39 is 35.7 Å². The SMILES string of the molecule is CC(C)=CC(CC(O)(C(F)(F)F)C(F)(F)F)C(C)(C)C. The first-order valence-electron chi connectivity index (χ1n) is 6.03. The minimum absolute atomic E-state index is 0.594. The molecular weight excluding hydrogens is 286 g/mol. The maximum Gasteiger partial charge on any atom is 0.426 e. The van der Waals surface area contributed by atoms with Gasteiger partial charge in [0.1, 0.15) is 0 Å². The molecule has 0 aromatic rings. The Morgan fingerprint density at radius 2 is 1.30 bits per heavy atom. The molecule has 0 fully saturated rings. The molecular formula is C13H20F6O. The molecule has 0 bridgehead atoms. The third kappa shape index (κ3) is 4.40. The smallest absolute Gasteiger partial charge is 0.374 e. The van der Waals surface area contributed by atoms with Crippen molar-refractivity contribution in [2.45, 2.75) is 59.0 Å². The van der Waals surface area contributed by atoms with Crippen LogP contribution < -0.4 is 0 Å². The van der Waals surface area contributed by atoms with Crippen molar-refractivity contribution in [2.24, 2.45) is 11.3 Å². The lowest BCUT2D eigenvalue weighted by molar-refractivity contribution is -0.373. The highest BCUT2D eigenvalue weighted by Gasteiger charge is 2.70. The second-order valence-electron chi connectivity index (χ2n) is 6.28. The fourth-order valence-corrected chi connectivity index (χ4v) is 1.73. The first kappa shape index (κ1) is 19.3. The Bertz CT molecular complexity index is 341. The Hall–Kier alpha value is -0.720. The number of hydrogen-bond donors (Lipinski definition) is 1. The monoisotopic (exact) mass is 306 g/mol. The zero-order valence-electron chi connectivity index (χ0n) is 12.1. The summed E-state index contributed by atoms with van der Waals surface area (Å²) < 4.78 is 76.2. The standard InChI is InChI=1S/C13H20F6O/c1-8(2)6-9(10(3,4)5)7-11(20,12(14,15)16)13(17,18)19/h6,9,20H,7H2,1-5H3. The molecule has 1 atom stereocenters. The molecule has 0 aliphatic rings. The summed E-state index contributed by atoms with van der Waals surface area (Å²) in [6.07, 6.45) is -11.7. The zero-order chi connectivity index (χ0) is 16.6. The Kier molecular flexibility index (Phi) is 5.38. The lowest BCUT2D eigenvalue weighted by Crippen LogP contribution is -2.58. The topological polar surface area (TPSA) is 20.2 Å². The van der Waals surface area contributed by atoms with Gasteiger partial charge in [-0.25, -0.2) is 0 Å². The highest BCUT2D eigenvalue weighted by molar-refractivity contribution is 5.06. The highest BCUT2D eigenvalue weighted by Crippen LogP contribution is 2.49. The van der Waals surface area contributed by atoms with Crippen molar-refractivity contribution in [1.29, 1.82) is 0 Å². The van der Waals surface area contributed by atoms with Gasteiger partial charge in [0.2, 0.25) is 0 Å². The Labute approximate surface area is 114 Å². The molecule has 20 heavy (non-hydrogen) atoms. The van der Waals surface area contributed by atoms with E-state index in [2.05, 4.69) is 0 Å². The van der Waals surface area contributed by atoms with Gasteiger partial charge in [0, 0.05) is 6.42 Å². The third-order valence-electron chi connectivity index (χ3n) is 3.10. The van der Waals surface area contributed by atoms with Crippen molar-refractivity contribution in [3.05, 3.63) is 11.6 Å². The van der Waals surface area contributed by atoms with E-state index in [1.807, 2.05) is 0 Å². The van der Waals surface area contributed by atoms with E-state index >= 15 is 0 Å². The number of allylic oxidation sites excluding steroid dienone is 2. The molecule has 1 unspecified atom stereocenters.